The van der Waals surface area contributed by atoms with Gasteiger partial charge in [0.25, 0.3) is 0 Å². The number of hydrogen-bond acceptors (Lipinski definition) is 4. The highest BCUT2D eigenvalue weighted by Gasteiger charge is 1.98. The number of urea groups is 1. The lowest BCUT2D eigenvalue weighted by Gasteiger charge is -2.02. The molecule has 0 aliphatic heterocycles. The molecule has 6 heteroatoms. The van der Waals surface area contributed by atoms with Gasteiger partial charge in [0.05, 0.1) is 5.69 Å². The number of anilines is 1. The summed E-state index contributed by atoms with van der Waals surface area (Å²) in [5.74, 6) is 0. The minimum absolute atomic E-state index is 0.440. The zero-order chi connectivity index (χ0) is 10.4. The van der Waals surface area contributed by atoms with Crippen LogP contribution in [0.25, 0.3) is 0 Å². The van der Waals surface area contributed by atoms with Gasteiger partial charge in [-0.3, -0.25) is 5.21 Å². The SMILES string of the molecule is O=C=Nc1ccc(NC(=O)NO)cc1. The first kappa shape index (κ1) is 9.91. The topological polar surface area (TPSA) is 90.8 Å². The molecule has 0 atom stereocenters. The van der Waals surface area contributed by atoms with Gasteiger partial charge < -0.3 is 5.32 Å². The van der Waals surface area contributed by atoms with Crippen LogP contribution in [0.3, 0.4) is 0 Å². The number of nitrogens with one attached hydrogen (secondary N) is 2. The van der Waals surface area contributed by atoms with Gasteiger partial charge in [-0.25, -0.2) is 15.1 Å². The maximum absolute atomic E-state index is 10.6. The van der Waals surface area contributed by atoms with Crippen LogP contribution in [-0.4, -0.2) is 17.3 Å². The summed E-state index contributed by atoms with van der Waals surface area (Å²) in [5.41, 5.74) is 2.33. The number of carbonyl (C=O) groups is 1. The Labute approximate surface area is 79.2 Å². The molecule has 0 aliphatic rings. The number of hydroxylamine groups is 1. The minimum atomic E-state index is -0.739. The fourth-order valence-electron chi connectivity index (χ4n) is 0.831. The number of amides is 2. The Morgan fingerprint density at radius 3 is 2.50 bits per heavy atom. The summed E-state index contributed by atoms with van der Waals surface area (Å²) in [6, 6.07) is 5.38. The normalized spacial score (nSPS) is 8.64. The smallest absolute Gasteiger partial charge is 0.306 e. The van der Waals surface area contributed by atoms with Crippen molar-refractivity contribution in [3.05, 3.63) is 24.3 Å². The van der Waals surface area contributed by atoms with Gasteiger partial charge in [-0.1, -0.05) is 0 Å². The van der Waals surface area contributed by atoms with Crippen molar-refractivity contribution in [2.75, 3.05) is 5.32 Å². The lowest BCUT2D eigenvalue weighted by molar-refractivity contribution is 0.172. The van der Waals surface area contributed by atoms with Gasteiger partial charge in [0.1, 0.15) is 0 Å². The Morgan fingerprint density at radius 1 is 1.36 bits per heavy atom. The molecule has 14 heavy (non-hydrogen) atoms. The molecular formula is C8H7N3O3. The van der Waals surface area contributed by atoms with Crippen molar-refractivity contribution in [2.45, 2.75) is 0 Å². The van der Waals surface area contributed by atoms with Gasteiger partial charge in [-0.15, -0.1) is 0 Å². The van der Waals surface area contributed by atoms with E-state index >= 15 is 0 Å². The van der Waals surface area contributed by atoms with Crippen LogP contribution in [0.5, 0.6) is 0 Å². The summed E-state index contributed by atoms with van der Waals surface area (Å²) in [5, 5.41) is 10.5. The number of benzene rings is 1. The molecule has 0 heterocycles. The third kappa shape index (κ3) is 2.71. The molecule has 0 bridgehead atoms. The van der Waals surface area contributed by atoms with Gasteiger partial charge in [0.15, 0.2) is 0 Å². The molecule has 0 spiro atoms. The van der Waals surface area contributed by atoms with Gasteiger partial charge >= 0.3 is 6.03 Å². The molecule has 0 unspecified atom stereocenters. The fraction of sp³-hybridized carbons (Fsp3) is 0. The summed E-state index contributed by atoms with van der Waals surface area (Å²) in [4.78, 5) is 23.9. The summed E-state index contributed by atoms with van der Waals surface area (Å²) >= 11 is 0. The molecule has 1 aromatic carbocycles. The molecule has 1 rings (SSSR count). The molecule has 72 valence electrons. The quantitative estimate of drug-likeness (QED) is 0.285. The zero-order valence-corrected chi connectivity index (χ0v) is 7.02. The molecule has 1 aromatic rings. The number of aliphatic imine (C=N–C) groups is 1. The molecule has 0 saturated carbocycles. The summed E-state index contributed by atoms with van der Waals surface area (Å²) in [6.45, 7) is 0. The first-order valence-electron chi connectivity index (χ1n) is 3.65. The Morgan fingerprint density at radius 2 is 2.00 bits per heavy atom. The average molecular weight is 193 g/mol. The Hall–Kier alpha value is -2.17. The molecule has 6 nitrogen and oxygen atoms in total. The Bertz CT molecular complexity index is 368. The Balaban J connectivity index is 2.73. The van der Waals surface area contributed by atoms with Gasteiger partial charge in [0, 0.05) is 5.69 Å². The number of isocyanates is 1. The van der Waals surface area contributed by atoms with Crippen LogP contribution >= 0.6 is 0 Å². The maximum atomic E-state index is 10.6. The number of hydrogen-bond donors (Lipinski definition) is 3. The first-order chi connectivity index (χ1) is 6.76. The molecular weight excluding hydrogens is 186 g/mol. The zero-order valence-electron chi connectivity index (χ0n) is 7.02. The number of nitrogens with zero attached hydrogens (tertiary/aromatic N) is 1. The molecule has 0 aromatic heterocycles. The van der Waals surface area contributed by atoms with E-state index < -0.39 is 6.03 Å². The second kappa shape index (κ2) is 4.76. The van der Waals surface area contributed by atoms with E-state index in [1.807, 2.05) is 0 Å². The van der Waals surface area contributed by atoms with Crippen LogP contribution in [0.4, 0.5) is 16.2 Å². The number of carbonyl (C=O) groups excluding carboxylic acids is 2. The number of rotatable bonds is 2. The standard InChI is InChI=1S/C8H7N3O3/c12-5-9-6-1-3-7(4-2-6)10-8(13)11-14/h1-4,14H,(H2,10,11,13). The minimum Gasteiger partial charge on any atom is -0.306 e. The van der Waals surface area contributed by atoms with Crippen LogP contribution in [0.15, 0.2) is 29.3 Å². The lowest BCUT2D eigenvalue weighted by Crippen LogP contribution is -2.24. The molecule has 2 amide bonds. The van der Waals surface area contributed by atoms with Crippen LogP contribution < -0.4 is 10.8 Å². The van der Waals surface area contributed by atoms with Crippen molar-refractivity contribution < 1.29 is 14.8 Å². The van der Waals surface area contributed by atoms with E-state index in [0.29, 0.717) is 11.4 Å². The fourth-order valence-corrected chi connectivity index (χ4v) is 0.831. The lowest BCUT2D eigenvalue weighted by atomic mass is 10.3. The van der Waals surface area contributed by atoms with E-state index in [-0.39, 0.29) is 0 Å². The van der Waals surface area contributed by atoms with Crippen molar-refractivity contribution >= 4 is 23.5 Å². The van der Waals surface area contributed by atoms with Gasteiger partial charge in [-0.05, 0) is 24.3 Å². The van der Waals surface area contributed by atoms with E-state index in [1.165, 1.54) is 35.8 Å². The predicted octanol–water partition coefficient (Wildman–Crippen LogP) is 1.16. The third-order valence-electron chi connectivity index (χ3n) is 1.40. The maximum Gasteiger partial charge on any atom is 0.342 e. The second-order valence-electron chi connectivity index (χ2n) is 2.32. The van der Waals surface area contributed by atoms with E-state index in [9.17, 15) is 9.59 Å². The van der Waals surface area contributed by atoms with Crippen molar-refractivity contribution in [3.63, 3.8) is 0 Å². The highest BCUT2D eigenvalue weighted by Crippen LogP contribution is 2.15. The van der Waals surface area contributed by atoms with Crippen molar-refractivity contribution in [3.8, 4) is 0 Å². The van der Waals surface area contributed by atoms with Crippen molar-refractivity contribution in [2.24, 2.45) is 4.99 Å². The largest absolute Gasteiger partial charge is 0.342 e. The highest BCUT2D eigenvalue weighted by molar-refractivity contribution is 5.88. The van der Waals surface area contributed by atoms with Crippen LogP contribution in [0.1, 0.15) is 0 Å². The van der Waals surface area contributed by atoms with Gasteiger partial charge in [0.2, 0.25) is 6.08 Å². The summed E-state index contributed by atoms with van der Waals surface area (Å²) < 4.78 is 0. The highest BCUT2D eigenvalue weighted by atomic mass is 16.5. The predicted molar refractivity (Wildman–Crippen MR) is 48.2 cm³/mol. The van der Waals surface area contributed by atoms with E-state index in [0.717, 1.165) is 0 Å². The van der Waals surface area contributed by atoms with Crippen molar-refractivity contribution in [1.82, 2.24) is 5.48 Å². The molecule has 0 fully saturated rings. The molecule has 3 N–H and O–H groups in total. The van der Waals surface area contributed by atoms with E-state index in [2.05, 4.69) is 10.3 Å². The molecule has 0 radical (unpaired) electrons. The molecule has 0 aliphatic carbocycles. The summed E-state index contributed by atoms with van der Waals surface area (Å²) in [6.07, 6.45) is 1.39. The van der Waals surface area contributed by atoms with Crippen molar-refractivity contribution in [1.29, 1.82) is 0 Å². The third-order valence-corrected chi connectivity index (χ3v) is 1.40. The van der Waals surface area contributed by atoms with Gasteiger partial charge in [-0.2, -0.15) is 4.99 Å². The van der Waals surface area contributed by atoms with Crippen LogP contribution in [0.2, 0.25) is 0 Å². The van der Waals surface area contributed by atoms with E-state index in [4.69, 9.17) is 5.21 Å². The molecule has 0 saturated heterocycles. The monoisotopic (exact) mass is 193 g/mol. The average Bonchev–Trinajstić information content (AvgIpc) is 2.21. The Kier molecular flexibility index (Phi) is 3.37. The first-order valence-corrected chi connectivity index (χ1v) is 3.65. The summed E-state index contributed by atoms with van der Waals surface area (Å²) in [7, 11) is 0. The second-order valence-corrected chi connectivity index (χ2v) is 2.32. The van der Waals surface area contributed by atoms with E-state index in [1.54, 1.807) is 0 Å². The van der Waals surface area contributed by atoms with Crippen LogP contribution in [0, 0.1) is 0 Å². The van der Waals surface area contributed by atoms with Crippen LogP contribution in [-0.2, 0) is 4.79 Å².